The number of rotatable bonds is 5. The Labute approximate surface area is 113 Å². The molecule has 0 spiro atoms. The van der Waals surface area contributed by atoms with Crippen LogP contribution in [0.15, 0.2) is 48.8 Å². The summed E-state index contributed by atoms with van der Waals surface area (Å²) in [5, 5.41) is 21.5. The Morgan fingerprint density at radius 1 is 1.25 bits per heavy atom. The van der Waals surface area contributed by atoms with Crippen molar-refractivity contribution in [2.75, 3.05) is 0 Å². The van der Waals surface area contributed by atoms with Crippen molar-refractivity contribution in [1.29, 1.82) is 0 Å². The van der Waals surface area contributed by atoms with Crippen LogP contribution < -0.4 is 0 Å². The van der Waals surface area contributed by atoms with Crippen molar-refractivity contribution in [2.45, 2.75) is 6.54 Å². The molecule has 20 heavy (non-hydrogen) atoms. The monoisotopic (exact) mass is 273 g/mol. The van der Waals surface area contributed by atoms with E-state index < -0.39 is 17.5 Å². The van der Waals surface area contributed by atoms with E-state index in [1.807, 2.05) is 12.1 Å². The van der Waals surface area contributed by atoms with Crippen LogP contribution in [0.4, 0.5) is 0 Å². The summed E-state index contributed by atoms with van der Waals surface area (Å²) in [4.78, 5) is 26.0. The van der Waals surface area contributed by atoms with E-state index in [0.29, 0.717) is 12.6 Å². The van der Waals surface area contributed by atoms with E-state index in [2.05, 4.69) is 10.1 Å². The molecular formula is C13H11N3O4. The fourth-order valence-corrected chi connectivity index (χ4v) is 1.52. The van der Waals surface area contributed by atoms with Crippen molar-refractivity contribution in [3.8, 4) is 0 Å². The number of ketones is 1. The molecule has 7 heteroatoms. The van der Waals surface area contributed by atoms with Crippen LogP contribution in [0, 0.1) is 0 Å². The molecule has 0 aliphatic carbocycles. The molecule has 2 rings (SSSR count). The van der Waals surface area contributed by atoms with Gasteiger partial charge >= 0.3 is 5.97 Å². The van der Waals surface area contributed by atoms with Crippen molar-refractivity contribution < 1.29 is 19.8 Å². The molecule has 0 saturated heterocycles. The van der Waals surface area contributed by atoms with Crippen LogP contribution in [0.2, 0.25) is 0 Å². The number of aromatic nitrogens is 3. The molecule has 0 saturated carbocycles. The number of aliphatic carboxylic acids is 1. The van der Waals surface area contributed by atoms with Crippen LogP contribution in [0.5, 0.6) is 0 Å². The van der Waals surface area contributed by atoms with Crippen molar-refractivity contribution >= 4 is 11.8 Å². The maximum atomic E-state index is 11.7. The summed E-state index contributed by atoms with van der Waals surface area (Å²) in [5.74, 6) is -3.18. The Balaban J connectivity index is 2.11. The third-order valence-electron chi connectivity index (χ3n) is 2.50. The van der Waals surface area contributed by atoms with Crippen LogP contribution in [-0.4, -0.2) is 36.7 Å². The van der Waals surface area contributed by atoms with Gasteiger partial charge in [0.05, 0.1) is 18.3 Å². The summed E-state index contributed by atoms with van der Waals surface area (Å²) in [6, 6.07) is 3.64. The zero-order valence-electron chi connectivity index (χ0n) is 10.3. The summed E-state index contributed by atoms with van der Waals surface area (Å²) in [6.07, 6.45) is 6.75. The molecule has 0 radical (unpaired) electrons. The fraction of sp³-hybridized carbons (Fsp3) is 0.0769. The van der Waals surface area contributed by atoms with E-state index in [1.165, 1.54) is 17.1 Å². The smallest absolute Gasteiger partial charge is 0.371 e. The number of hydrogen-bond acceptors (Lipinski definition) is 5. The highest BCUT2D eigenvalue weighted by atomic mass is 16.4. The van der Waals surface area contributed by atoms with Crippen molar-refractivity contribution in [1.82, 2.24) is 14.8 Å². The van der Waals surface area contributed by atoms with Crippen molar-refractivity contribution in [2.24, 2.45) is 0 Å². The molecule has 0 bridgehead atoms. The number of allylic oxidation sites excluding steroid dienone is 1. The van der Waals surface area contributed by atoms with Crippen LogP contribution in [0.3, 0.4) is 0 Å². The molecule has 2 heterocycles. The number of carbonyl (C=O) groups is 2. The zero-order chi connectivity index (χ0) is 14.5. The van der Waals surface area contributed by atoms with E-state index in [1.54, 1.807) is 12.4 Å². The fourth-order valence-electron chi connectivity index (χ4n) is 1.52. The van der Waals surface area contributed by atoms with Gasteiger partial charge in [-0.25, -0.2) is 4.79 Å². The maximum absolute atomic E-state index is 11.7. The minimum Gasteiger partial charge on any atom is -0.502 e. The molecule has 0 atom stereocenters. The molecule has 0 aliphatic rings. The first-order valence-corrected chi connectivity index (χ1v) is 5.66. The number of hydrogen-bond donors (Lipinski definition) is 2. The Morgan fingerprint density at radius 3 is 2.60 bits per heavy atom. The van der Waals surface area contributed by atoms with Crippen LogP contribution in [-0.2, 0) is 11.3 Å². The molecule has 2 aromatic heterocycles. The lowest BCUT2D eigenvalue weighted by Gasteiger charge is -2.00. The summed E-state index contributed by atoms with van der Waals surface area (Å²) in [5.41, 5.74) is 1.16. The first-order chi connectivity index (χ1) is 9.56. The zero-order valence-corrected chi connectivity index (χ0v) is 10.3. The predicted octanol–water partition coefficient (Wildman–Crippen LogP) is 1.04. The number of carboxylic acid groups (broad SMARTS) is 1. The molecule has 0 unspecified atom stereocenters. The summed E-state index contributed by atoms with van der Waals surface area (Å²) < 4.78 is 1.54. The lowest BCUT2D eigenvalue weighted by Crippen LogP contribution is -2.03. The van der Waals surface area contributed by atoms with Gasteiger partial charge in [0.25, 0.3) is 0 Å². The number of carboxylic acids is 1. The quantitative estimate of drug-likeness (QED) is 0.479. The van der Waals surface area contributed by atoms with Gasteiger partial charge in [-0.3, -0.25) is 14.5 Å². The standard InChI is InChI=1S/C13H11N3O4/c17-11(5-12(18)13(19)20)10-6-15-16(8-10)7-9-1-3-14-4-2-9/h1-6,8,18H,7H2,(H,19,20). The highest BCUT2D eigenvalue weighted by Gasteiger charge is 2.11. The first kappa shape index (κ1) is 13.5. The lowest BCUT2D eigenvalue weighted by molar-refractivity contribution is -0.135. The van der Waals surface area contributed by atoms with Gasteiger partial charge in [-0.2, -0.15) is 5.10 Å². The van der Waals surface area contributed by atoms with Gasteiger partial charge < -0.3 is 10.2 Å². The Bertz CT molecular complexity index is 661. The van der Waals surface area contributed by atoms with E-state index in [4.69, 9.17) is 10.2 Å². The van der Waals surface area contributed by atoms with Gasteiger partial charge in [0.1, 0.15) is 0 Å². The Hall–Kier alpha value is -2.96. The van der Waals surface area contributed by atoms with E-state index >= 15 is 0 Å². The van der Waals surface area contributed by atoms with Crippen LogP contribution in [0.1, 0.15) is 15.9 Å². The second-order valence-electron chi connectivity index (χ2n) is 3.98. The highest BCUT2D eigenvalue weighted by molar-refractivity contribution is 6.07. The third-order valence-corrected chi connectivity index (χ3v) is 2.50. The average Bonchev–Trinajstić information content (AvgIpc) is 2.88. The molecule has 0 amide bonds. The van der Waals surface area contributed by atoms with E-state index in [-0.39, 0.29) is 5.56 Å². The largest absolute Gasteiger partial charge is 0.502 e. The number of pyridine rings is 1. The molecule has 2 N–H and O–H groups in total. The van der Waals surface area contributed by atoms with Gasteiger partial charge in [0, 0.05) is 24.7 Å². The second kappa shape index (κ2) is 5.79. The topological polar surface area (TPSA) is 105 Å². The van der Waals surface area contributed by atoms with Crippen LogP contribution in [0.25, 0.3) is 0 Å². The normalized spacial score (nSPS) is 11.3. The minimum atomic E-state index is -1.55. The van der Waals surface area contributed by atoms with E-state index in [9.17, 15) is 9.59 Å². The predicted molar refractivity (Wildman–Crippen MR) is 68.2 cm³/mol. The summed E-state index contributed by atoms with van der Waals surface area (Å²) in [7, 11) is 0. The Kier molecular flexibility index (Phi) is 3.90. The molecule has 0 aromatic carbocycles. The molecular weight excluding hydrogens is 262 g/mol. The number of aliphatic hydroxyl groups excluding tert-OH is 1. The molecule has 0 aliphatic heterocycles. The lowest BCUT2D eigenvalue weighted by atomic mass is 10.2. The molecule has 0 fully saturated rings. The average molecular weight is 273 g/mol. The SMILES string of the molecule is O=C(O)C(O)=CC(=O)c1cnn(Cc2ccncc2)c1. The maximum Gasteiger partial charge on any atom is 0.371 e. The van der Waals surface area contributed by atoms with Gasteiger partial charge in [-0.05, 0) is 17.7 Å². The van der Waals surface area contributed by atoms with Crippen molar-refractivity contribution in [3.05, 3.63) is 59.9 Å². The van der Waals surface area contributed by atoms with Gasteiger partial charge in [0.15, 0.2) is 5.78 Å². The van der Waals surface area contributed by atoms with Crippen LogP contribution >= 0.6 is 0 Å². The number of carbonyl (C=O) groups excluding carboxylic acids is 1. The molecule has 7 nitrogen and oxygen atoms in total. The second-order valence-corrected chi connectivity index (χ2v) is 3.98. The third kappa shape index (κ3) is 3.29. The first-order valence-electron chi connectivity index (χ1n) is 5.66. The number of nitrogens with zero attached hydrogens (tertiary/aromatic N) is 3. The summed E-state index contributed by atoms with van der Waals surface area (Å²) in [6.45, 7) is 0.463. The highest BCUT2D eigenvalue weighted by Crippen LogP contribution is 2.05. The molecule has 2 aromatic rings. The summed E-state index contributed by atoms with van der Waals surface area (Å²) >= 11 is 0. The van der Waals surface area contributed by atoms with Gasteiger partial charge in [-0.1, -0.05) is 0 Å². The van der Waals surface area contributed by atoms with Gasteiger partial charge in [0.2, 0.25) is 5.76 Å². The minimum absolute atomic E-state index is 0.201. The number of aliphatic hydroxyl groups is 1. The molecule has 102 valence electrons. The Morgan fingerprint density at radius 2 is 1.95 bits per heavy atom. The van der Waals surface area contributed by atoms with Gasteiger partial charge in [-0.15, -0.1) is 0 Å². The van der Waals surface area contributed by atoms with Crippen molar-refractivity contribution in [3.63, 3.8) is 0 Å². The van der Waals surface area contributed by atoms with E-state index in [0.717, 1.165) is 5.56 Å².